The maximum absolute atomic E-state index is 12.0. The van der Waals surface area contributed by atoms with E-state index in [1.165, 1.54) is 12.0 Å². The van der Waals surface area contributed by atoms with Crippen molar-refractivity contribution in [2.45, 2.75) is 39.7 Å². The zero-order valence-corrected chi connectivity index (χ0v) is 18.8. The van der Waals surface area contributed by atoms with Gasteiger partial charge in [0, 0.05) is 19.6 Å². The van der Waals surface area contributed by atoms with Gasteiger partial charge in [0.25, 0.3) is 0 Å². The SMILES string of the molecule is CCNC(=NCc1ccccc1C)NCCS(=O)(=O)NCC1CCC1.I. The molecule has 0 bridgehead atoms. The average Bonchev–Trinajstić information content (AvgIpc) is 2.52. The molecule has 1 saturated carbocycles. The molecule has 0 spiro atoms. The monoisotopic (exact) mass is 494 g/mol. The van der Waals surface area contributed by atoms with E-state index in [-0.39, 0.29) is 29.7 Å². The molecule has 1 aliphatic carbocycles. The Morgan fingerprint density at radius 3 is 2.58 bits per heavy atom. The van der Waals surface area contributed by atoms with E-state index in [9.17, 15) is 8.42 Å². The fraction of sp³-hybridized carbons (Fsp3) is 0.611. The van der Waals surface area contributed by atoms with E-state index < -0.39 is 10.0 Å². The molecule has 3 N–H and O–H groups in total. The smallest absolute Gasteiger partial charge is 0.213 e. The van der Waals surface area contributed by atoms with Gasteiger partial charge in [-0.25, -0.2) is 18.1 Å². The Morgan fingerprint density at radius 2 is 1.96 bits per heavy atom. The van der Waals surface area contributed by atoms with E-state index in [0.29, 0.717) is 31.5 Å². The summed E-state index contributed by atoms with van der Waals surface area (Å²) >= 11 is 0. The standard InChI is InChI=1S/C18H30N4O2S.HI/c1-3-19-18(21-14-17-10-5-4-7-15(17)2)20-11-12-25(23,24)22-13-16-8-6-9-16;/h4-5,7,10,16,22H,3,6,8-9,11-14H2,1-2H3,(H2,19,20,21);1H. The summed E-state index contributed by atoms with van der Waals surface area (Å²) in [6.07, 6.45) is 3.49. The summed E-state index contributed by atoms with van der Waals surface area (Å²) in [6, 6.07) is 8.12. The first kappa shape index (κ1) is 23.2. The van der Waals surface area contributed by atoms with Crippen LogP contribution in [0.1, 0.15) is 37.3 Å². The van der Waals surface area contributed by atoms with Crippen LogP contribution in [0.4, 0.5) is 0 Å². The normalized spacial score (nSPS) is 15.1. The molecule has 8 heteroatoms. The van der Waals surface area contributed by atoms with Crippen molar-refractivity contribution in [1.29, 1.82) is 0 Å². The quantitative estimate of drug-likeness (QED) is 0.280. The lowest BCUT2D eigenvalue weighted by molar-refractivity contribution is 0.316. The number of guanidine groups is 1. The number of aliphatic imine (C=N–C) groups is 1. The third-order valence-electron chi connectivity index (χ3n) is 4.49. The van der Waals surface area contributed by atoms with Crippen molar-refractivity contribution in [3.05, 3.63) is 35.4 Å². The maximum atomic E-state index is 12.0. The number of halogens is 1. The number of hydrogen-bond donors (Lipinski definition) is 3. The van der Waals surface area contributed by atoms with Crippen LogP contribution in [0.25, 0.3) is 0 Å². The predicted octanol–water partition coefficient (Wildman–Crippen LogP) is 2.39. The van der Waals surface area contributed by atoms with Crippen LogP contribution in [0.5, 0.6) is 0 Å². The first-order valence-electron chi connectivity index (χ1n) is 9.04. The topological polar surface area (TPSA) is 82.6 Å². The van der Waals surface area contributed by atoms with Crippen LogP contribution in [0, 0.1) is 12.8 Å². The van der Waals surface area contributed by atoms with Crippen molar-refractivity contribution >= 4 is 40.0 Å². The molecule has 0 aromatic heterocycles. The lowest BCUT2D eigenvalue weighted by atomic mass is 9.86. The second-order valence-electron chi connectivity index (χ2n) is 6.51. The van der Waals surface area contributed by atoms with Crippen LogP contribution < -0.4 is 15.4 Å². The van der Waals surface area contributed by atoms with Crippen LogP contribution in [0.15, 0.2) is 29.3 Å². The highest BCUT2D eigenvalue weighted by Gasteiger charge is 2.20. The molecule has 0 radical (unpaired) electrons. The molecule has 26 heavy (non-hydrogen) atoms. The molecular weight excluding hydrogens is 463 g/mol. The van der Waals surface area contributed by atoms with Crippen molar-refractivity contribution in [3.63, 3.8) is 0 Å². The van der Waals surface area contributed by atoms with Crippen molar-refractivity contribution in [2.24, 2.45) is 10.9 Å². The Morgan fingerprint density at radius 1 is 1.23 bits per heavy atom. The van der Waals surface area contributed by atoms with E-state index >= 15 is 0 Å². The molecule has 6 nitrogen and oxygen atoms in total. The molecule has 1 aliphatic rings. The van der Waals surface area contributed by atoms with E-state index in [1.54, 1.807) is 0 Å². The number of nitrogens with one attached hydrogen (secondary N) is 3. The number of sulfonamides is 1. The lowest BCUT2D eigenvalue weighted by Gasteiger charge is -2.25. The summed E-state index contributed by atoms with van der Waals surface area (Å²) in [4.78, 5) is 4.54. The zero-order valence-electron chi connectivity index (χ0n) is 15.6. The van der Waals surface area contributed by atoms with Gasteiger partial charge >= 0.3 is 0 Å². The van der Waals surface area contributed by atoms with Gasteiger partial charge < -0.3 is 10.6 Å². The van der Waals surface area contributed by atoms with Crippen LogP contribution in [0.2, 0.25) is 0 Å². The highest BCUT2D eigenvalue weighted by Crippen LogP contribution is 2.25. The van der Waals surface area contributed by atoms with Gasteiger partial charge in [-0.2, -0.15) is 0 Å². The maximum Gasteiger partial charge on any atom is 0.213 e. The summed E-state index contributed by atoms with van der Waals surface area (Å²) in [7, 11) is -3.23. The largest absolute Gasteiger partial charge is 0.357 e. The fourth-order valence-corrected chi connectivity index (χ4v) is 3.62. The number of hydrogen-bond acceptors (Lipinski definition) is 3. The number of nitrogens with zero attached hydrogens (tertiary/aromatic N) is 1. The minimum Gasteiger partial charge on any atom is -0.357 e. The Kier molecular flexibility index (Phi) is 10.5. The van der Waals surface area contributed by atoms with E-state index in [0.717, 1.165) is 24.9 Å². The first-order valence-corrected chi connectivity index (χ1v) is 10.7. The molecule has 0 saturated heterocycles. The van der Waals surface area contributed by atoms with Gasteiger partial charge in [0.1, 0.15) is 0 Å². The van der Waals surface area contributed by atoms with Gasteiger partial charge in [-0.3, -0.25) is 0 Å². The first-order chi connectivity index (χ1) is 12.0. The molecule has 1 fully saturated rings. The second kappa shape index (κ2) is 11.8. The number of aryl methyl sites for hydroxylation is 1. The second-order valence-corrected chi connectivity index (χ2v) is 8.44. The number of rotatable bonds is 9. The molecule has 2 rings (SSSR count). The van der Waals surface area contributed by atoms with Gasteiger partial charge in [0.2, 0.25) is 10.0 Å². The Bertz CT molecular complexity index is 676. The molecule has 1 aromatic carbocycles. The summed E-state index contributed by atoms with van der Waals surface area (Å²) in [5.41, 5.74) is 2.36. The van der Waals surface area contributed by atoms with E-state index in [2.05, 4.69) is 39.4 Å². The van der Waals surface area contributed by atoms with Gasteiger partial charge in [-0.1, -0.05) is 30.7 Å². The van der Waals surface area contributed by atoms with Crippen molar-refractivity contribution < 1.29 is 8.42 Å². The Hall–Kier alpha value is -0.870. The fourth-order valence-electron chi connectivity index (χ4n) is 2.61. The zero-order chi connectivity index (χ0) is 18.1. The number of benzene rings is 1. The third-order valence-corrected chi connectivity index (χ3v) is 5.84. The molecule has 0 atom stereocenters. The third kappa shape index (κ3) is 8.22. The molecule has 0 amide bonds. The lowest BCUT2D eigenvalue weighted by Crippen LogP contribution is -2.42. The van der Waals surface area contributed by atoms with Crippen LogP contribution >= 0.6 is 24.0 Å². The van der Waals surface area contributed by atoms with Crippen molar-refractivity contribution in [3.8, 4) is 0 Å². The van der Waals surface area contributed by atoms with Gasteiger partial charge in [-0.15, -0.1) is 24.0 Å². The highest BCUT2D eigenvalue weighted by atomic mass is 127. The molecule has 0 heterocycles. The van der Waals surface area contributed by atoms with Gasteiger partial charge in [-0.05, 0) is 43.7 Å². The van der Waals surface area contributed by atoms with Crippen LogP contribution in [-0.4, -0.2) is 39.8 Å². The summed E-state index contributed by atoms with van der Waals surface area (Å²) in [5.74, 6) is 1.21. The van der Waals surface area contributed by atoms with Crippen molar-refractivity contribution in [2.75, 3.05) is 25.4 Å². The van der Waals surface area contributed by atoms with Gasteiger partial charge in [0.15, 0.2) is 5.96 Å². The summed E-state index contributed by atoms with van der Waals surface area (Å²) in [5, 5.41) is 6.25. The summed E-state index contributed by atoms with van der Waals surface area (Å²) in [6.45, 7) is 6.25. The average molecular weight is 494 g/mol. The minimum absolute atomic E-state index is 0. The highest BCUT2D eigenvalue weighted by molar-refractivity contribution is 14.0. The van der Waals surface area contributed by atoms with Crippen LogP contribution in [0.3, 0.4) is 0 Å². The van der Waals surface area contributed by atoms with Crippen LogP contribution in [-0.2, 0) is 16.6 Å². The predicted molar refractivity (Wildman–Crippen MR) is 119 cm³/mol. The van der Waals surface area contributed by atoms with Gasteiger partial charge in [0.05, 0.1) is 12.3 Å². The van der Waals surface area contributed by atoms with E-state index in [1.807, 2.05) is 19.1 Å². The Labute approximate surface area is 174 Å². The van der Waals surface area contributed by atoms with Crippen molar-refractivity contribution in [1.82, 2.24) is 15.4 Å². The molecule has 148 valence electrons. The molecule has 0 unspecified atom stereocenters. The molecule has 0 aliphatic heterocycles. The van der Waals surface area contributed by atoms with E-state index in [4.69, 9.17) is 0 Å². The minimum atomic E-state index is -3.23. The molecule has 1 aromatic rings. The Balaban J connectivity index is 0.00000338. The molecular formula is C18H31IN4O2S. The summed E-state index contributed by atoms with van der Waals surface area (Å²) < 4.78 is 26.8.